The number of nitrogens with one attached hydrogen (secondary N) is 1. The van der Waals surface area contributed by atoms with Gasteiger partial charge in [0.05, 0.1) is 0 Å². The molecule has 0 heterocycles. The molecule has 0 bridgehead atoms. The van der Waals surface area contributed by atoms with E-state index < -0.39 is 17.9 Å². The van der Waals surface area contributed by atoms with E-state index >= 15 is 0 Å². The molecule has 1 aliphatic carbocycles. The van der Waals surface area contributed by atoms with Gasteiger partial charge in [-0.1, -0.05) is 59.2 Å². The molecule has 0 radical (unpaired) electrons. The molecule has 0 aromatic heterocycles. The standard InChI is InChI=1S/C24H35NO4/c1-6-20(26)17(5)22(25-23(27)18-10-8-7-9-11-18)24(28)29-21-14-16(4)12-13-19(21)15(2)3/h7-11,15-17,19,21-22H,6,12-14H2,1-5H3,(H,25,27)/t16-,17+,19+,21-,22+/m0/s1. The molecule has 5 atom stereocenters. The lowest BCUT2D eigenvalue weighted by molar-refractivity contribution is -0.160. The van der Waals surface area contributed by atoms with Gasteiger partial charge in [-0.15, -0.1) is 0 Å². The van der Waals surface area contributed by atoms with Crippen molar-refractivity contribution in [3.63, 3.8) is 0 Å². The summed E-state index contributed by atoms with van der Waals surface area (Å²) in [5.41, 5.74) is 0.452. The lowest BCUT2D eigenvalue weighted by Gasteiger charge is -2.37. The van der Waals surface area contributed by atoms with Crippen LogP contribution in [-0.4, -0.2) is 29.8 Å². The fourth-order valence-corrected chi connectivity index (χ4v) is 4.18. The minimum Gasteiger partial charge on any atom is -0.461 e. The number of Topliss-reactive ketones (excluding diaryl/α,β-unsaturated/α-hetero) is 1. The van der Waals surface area contributed by atoms with E-state index in [1.807, 2.05) is 6.07 Å². The summed E-state index contributed by atoms with van der Waals surface area (Å²) in [4.78, 5) is 38.1. The van der Waals surface area contributed by atoms with Crippen LogP contribution in [0.4, 0.5) is 0 Å². The van der Waals surface area contributed by atoms with Crippen molar-refractivity contribution in [1.29, 1.82) is 0 Å². The van der Waals surface area contributed by atoms with E-state index in [0.717, 1.165) is 19.3 Å². The third kappa shape index (κ3) is 6.15. The largest absolute Gasteiger partial charge is 0.461 e. The van der Waals surface area contributed by atoms with E-state index in [1.54, 1.807) is 38.1 Å². The van der Waals surface area contributed by atoms with Crippen LogP contribution >= 0.6 is 0 Å². The molecule has 0 aliphatic heterocycles. The minimum absolute atomic E-state index is 0.0715. The van der Waals surface area contributed by atoms with E-state index in [2.05, 4.69) is 26.1 Å². The second-order valence-corrected chi connectivity index (χ2v) is 8.73. The zero-order valence-electron chi connectivity index (χ0n) is 18.3. The van der Waals surface area contributed by atoms with Gasteiger partial charge in [-0.3, -0.25) is 9.59 Å². The van der Waals surface area contributed by atoms with Gasteiger partial charge in [0, 0.05) is 17.9 Å². The lowest BCUT2D eigenvalue weighted by atomic mass is 9.75. The number of amides is 1. The maximum absolute atomic E-state index is 13.1. The Morgan fingerprint density at radius 3 is 2.34 bits per heavy atom. The monoisotopic (exact) mass is 401 g/mol. The van der Waals surface area contributed by atoms with Gasteiger partial charge < -0.3 is 10.1 Å². The summed E-state index contributed by atoms with van der Waals surface area (Å²) in [6, 6.07) is 7.73. The molecule has 1 amide bonds. The highest BCUT2D eigenvalue weighted by Gasteiger charge is 2.38. The SMILES string of the molecule is CCC(=O)[C@@H](C)[C@@H](NC(=O)c1ccccc1)C(=O)O[C@H]1C[C@@H](C)CC[C@@H]1C(C)C. The van der Waals surface area contributed by atoms with E-state index in [0.29, 0.717) is 29.7 Å². The van der Waals surface area contributed by atoms with Crippen molar-refractivity contribution >= 4 is 17.7 Å². The van der Waals surface area contributed by atoms with Gasteiger partial charge in [-0.25, -0.2) is 4.79 Å². The number of ketones is 1. The van der Waals surface area contributed by atoms with Crippen LogP contribution in [0.15, 0.2) is 30.3 Å². The first-order chi connectivity index (χ1) is 13.7. The number of rotatable bonds is 8. The molecule has 1 fully saturated rings. The third-order valence-electron chi connectivity index (χ3n) is 6.16. The van der Waals surface area contributed by atoms with E-state index in [9.17, 15) is 14.4 Å². The van der Waals surface area contributed by atoms with E-state index in [-0.39, 0.29) is 17.8 Å². The molecule has 0 saturated heterocycles. The summed E-state index contributed by atoms with van der Waals surface area (Å²) in [6.45, 7) is 9.93. The first-order valence-corrected chi connectivity index (χ1v) is 10.8. The van der Waals surface area contributed by atoms with Gasteiger partial charge in [0.1, 0.15) is 17.9 Å². The lowest BCUT2D eigenvalue weighted by Crippen LogP contribution is -2.50. The van der Waals surface area contributed by atoms with Gasteiger partial charge in [-0.2, -0.15) is 0 Å². The molecule has 0 unspecified atom stereocenters. The zero-order chi connectivity index (χ0) is 21.6. The van der Waals surface area contributed by atoms with Crippen LogP contribution in [0, 0.1) is 23.7 Å². The van der Waals surface area contributed by atoms with Crippen LogP contribution in [0.3, 0.4) is 0 Å². The van der Waals surface area contributed by atoms with Gasteiger partial charge >= 0.3 is 5.97 Å². The van der Waals surface area contributed by atoms with Gasteiger partial charge in [0.2, 0.25) is 0 Å². The van der Waals surface area contributed by atoms with Crippen molar-refractivity contribution in [2.45, 2.75) is 72.4 Å². The second kappa shape index (κ2) is 10.6. The Kier molecular flexibility index (Phi) is 8.42. The Morgan fingerprint density at radius 2 is 1.76 bits per heavy atom. The number of esters is 1. The zero-order valence-corrected chi connectivity index (χ0v) is 18.3. The van der Waals surface area contributed by atoms with Crippen LogP contribution in [0.25, 0.3) is 0 Å². The summed E-state index contributed by atoms with van der Waals surface area (Å²) in [5, 5.41) is 2.76. The van der Waals surface area contributed by atoms with Crippen LogP contribution in [0.5, 0.6) is 0 Å². The van der Waals surface area contributed by atoms with E-state index in [4.69, 9.17) is 4.74 Å². The molecule has 0 spiro atoms. The molecular formula is C24H35NO4. The van der Waals surface area contributed by atoms with Crippen molar-refractivity contribution in [1.82, 2.24) is 5.32 Å². The summed E-state index contributed by atoms with van der Waals surface area (Å²) in [5.74, 6) is -0.384. The summed E-state index contributed by atoms with van der Waals surface area (Å²) in [7, 11) is 0. The fourth-order valence-electron chi connectivity index (χ4n) is 4.18. The smallest absolute Gasteiger partial charge is 0.329 e. The summed E-state index contributed by atoms with van der Waals surface area (Å²) < 4.78 is 5.94. The van der Waals surface area contributed by atoms with Crippen LogP contribution < -0.4 is 5.32 Å². The first-order valence-electron chi connectivity index (χ1n) is 10.8. The predicted molar refractivity (Wildman–Crippen MR) is 113 cm³/mol. The molecule has 5 nitrogen and oxygen atoms in total. The van der Waals surface area contributed by atoms with Gasteiger partial charge in [0.15, 0.2) is 0 Å². The average Bonchev–Trinajstić information content (AvgIpc) is 2.71. The van der Waals surface area contributed by atoms with Crippen LogP contribution in [0.2, 0.25) is 0 Å². The third-order valence-corrected chi connectivity index (χ3v) is 6.16. The highest BCUT2D eigenvalue weighted by atomic mass is 16.5. The molecule has 2 rings (SSSR count). The average molecular weight is 402 g/mol. The quantitative estimate of drug-likeness (QED) is 0.655. The molecule has 1 aliphatic rings. The van der Waals surface area contributed by atoms with Crippen molar-refractivity contribution in [3.05, 3.63) is 35.9 Å². The van der Waals surface area contributed by atoms with Crippen LogP contribution in [0.1, 0.15) is 70.7 Å². The number of hydrogen-bond donors (Lipinski definition) is 1. The Bertz CT molecular complexity index is 700. The van der Waals surface area contributed by atoms with Gasteiger partial charge in [0.25, 0.3) is 5.91 Å². The Morgan fingerprint density at radius 1 is 1.10 bits per heavy atom. The Labute approximate surface area is 174 Å². The highest BCUT2D eigenvalue weighted by Crippen LogP contribution is 2.35. The number of ether oxygens (including phenoxy) is 1. The van der Waals surface area contributed by atoms with Gasteiger partial charge in [-0.05, 0) is 42.7 Å². The number of carbonyl (C=O) groups is 3. The van der Waals surface area contributed by atoms with Crippen LogP contribution in [-0.2, 0) is 14.3 Å². The first kappa shape index (κ1) is 23.1. The van der Waals surface area contributed by atoms with Crippen molar-refractivity contribution < 1.29 is 19.1 Å². The topological polar surface area (TPSA) is 72.5 Å². The van der Waals surface area contributed by atoms with Crippen molar-refractivity contribution in [2.24, 2.45) is 23.7 Å². The highest BCUT2D eigenvalue weighted by molar-refractivity contribution is 5.98. The number of hydrogen-bond acceptors (Lipinski definition) is 4. The fraction of sp³-hybridized carbons (Fsp3) is 0.625. The molecule has 160 valence electrons. The molecule has 1 N–H and O–H groups in total. The van der Waals surface area contributed by atoms with Crippen molar-refractivity contribution in [2.75, 3.05) is 0 Å². The van der Waals surface area contributed by atoms with Crippen molar-refractivity contribution in [3.8, 4) is 0 Å². The minimum atomic E-state index is -0.986. The van der Waals surface area contributed by atoms with E-state index in [1.165, 1.54) is 0 Å². The number of carbonyl (C=O) groups excluding carboxylic acids is 3. The maximum atomic E-state index is 13.1. The molecule has 1 saturated carbocycles. The molecule has 5 heteroatoms. The normalized spacial score (nSPS) is 23.9. The Balaban J connectivity index is 2.19. The predicted octanol–water partition coefficient (Wildman–Crippen LogP) is 4.40. The summed E-state index contributed by atoms with van der Waals surface area (Å²) >= 11 is 0. The number of benzene rings is 1. The Hall–Kier alpha value is -2.17. The molecule has 1 aromatic carbocycles. The molecule has 1 aromatic rings. The maximum Gasteiger partial charge on any atom is 0.329 e. The molecule has 29 heavy (non-hydrogen) atoms. The molecular weight excluding hydrogens is 366 g/mol. The summed E-state index contributed by atoms with van der Waals surface area (Å²) in [6.07, 6.45) is 3.12. The second-order valence-electron chi connectivity index (χ2n) is 8.73.